The molecule has 4 rings (SSSR count). The molecule has 102 valence electrons. The van der Waals surface area contributed by atoms with Gasteiger partial charge in [-0.25, -0.2) is 0 Å². The molecule has 3 nitrogen and oxygen atoms in total. The number of methoxy groups -OCH3 is 2. The van der Waals surface area contributed by atoms with Crippen molar-refractivity contribution in [1.82, 2.24) is 0 Å². The van der Waals surface area contributed by atoms with Gasteiger partial charge in [-0.15, -0.1) is 0 Å². The molecule has 1 saturated carbocycles. The Balaban J connectivity index is 2.15. The zero-order valence-corrected chi connectivity index (χ0v) is 11.4. The fourth-order valence-electron chi connectivity index (χ4n) is 3.60. The van der Waals surface area contributed by atoms with Crippen LogP contribution < -0.4 is 4.74 Å². The predicted molar refractivity (Wildman–Crippen MR) is 73.1 cm³/mol. The first-order valence-corrected chi connectivity index (χ1v) is 6.75. The maximum atomic E-state index is 11.3. The Morgan fingerprint density at radius 1 is 1.26 bits per heavy atom. The summed E-state index contributed by atoms with van der Waals surface area (Å²) < 4.78 is 11.2. The Hall–Kier alpha value is -1.32. The molecule has 0 radical (unpaired) electrons. The first-order valence-electron chi connectivity index (χ1n) is 6.75. The first kappa shape index (κ1) is 12.7. The molecular formula is C16H20O3. The quantitative estimate of drug-likeness (QED) is 0.849. The van der Waals surface area contributed by atoms with Crippen molar-refractivity contribution in [2.75, 3.05) is 14.2 Å². The Bertz CT molecular complexity index is 510. The van der Waals surface area contributed by atoms with Crippen LogP contribution in [-0.2, 0) is 10.3 Å². The molecular weight excluding hydrogens is 240 g/mol. The predicted octanol–water partition coefficient (Wildman–Crippen LogP) is 2.64. The largest absolute Gasteiger partial charge is 0.496 e. The summed E-state index contributed by atoms with van der Waals surface area (Å²) in [4.78, 5) is 0. The molecule has 1 fully saturated rings. The Labute approximate surface area is 113 Å². The molecule has 2 bridgehead atoms. The number of hydrogen-bond donors (Lipinski definition) is 1. The highest BCUT2D eigenvalue weighted by molar-refractivity contribution is 5.43. The summed E-state index contributed by atoms with van der Waals surface area (Å²) in [5.41, 5.74) is -0.809. The third kappa shape index (κ3) is 1.65. The summed E-state index contributed by atoms with van der Waals surface area (Å²) in [6.07, 6.45) is 6.83. The van der Waals surface area contributed by atoms with Crippen LogP contribution >= 0.6 is 0 Å². The zero-order chi connectivity index (χ0) is 13.5. The highest BCUT2D eigenvalue weighted by Crippen LogP contribution is 2.54. The minimum Gasteiger partial charge on any atom is -0.496 e. The lowest BCUT2D eigenvalue weighted by Crippen LogP contribution is -2.57. The van der Waals surface area contributed by atoms with Gasteiger partial charge < -0.3 is 14.6 Å². The van der Waals surface area contributed by atoms with E-state index in [0.29, 0.717) is 12.3 Å². The SMILES string of the molecule is COc1ccccc1[C@@]1(O)C[C@H]2C=C[C@]1(OC)CC2. The van der Waals surface area contributed by atoms with Gasteiger partial charge in [0.25, 0.3) is 0 Å². The summed E-state index contributed by atoms with van der Waals surface area (Å²) in [6, 6.07) is 7.68. The standard InChI is InChI=1S/C16H20O3/c1-18-14-6-4-3-5-13(14)16(17)11-12-7-9-15(16,19-2)10-8-12/h3-7,9,12,17H,8,10-11H2,1-2H3/t12-,15-,16-/m0/s1. The van der Waals surface area contributed by atoms with Crippen molar-refractivity contribution in [3.05, 3.63) is 42.0 Å². The van der Waals surface area contributed by atoms with Crippen molar-refractivity contribution in [3.8, 4) is 5.75 Å². The van der Waals surface area contributed by atoms with Crippen LogP contribution in [0.2, 0.25) is 0 Å². The molecule has 0 unspecified atom stereocenters. The molecule has 3 aliphatic carbocycles. The molecule has 19 heavy (non-hydrogen) atoms. The van der Waals surface area contributed by atoms with Crippen LogP contribution in [0, 0.1) is 5.92 Å². The van der Waals surface area contributed by atoms with E-state index in [1.54, 1.807) is 14.2 Å². The van der Waals surface area contributed by atoms with E-state index < -0.39 is 11.2 Å². The van der Waals surface area contributed by atoms with Crippen LogP contribution in [0.3, 0.4) is 0 Å². The van der Waals surface area contributed by atoms with Crippen molar-refractivity contribution in [1.29, 1.82) is 0 Å². The Morgan fingerprint density at radius 2 is 2.05 bits per heavy atom. The van der Waals surface area contributed by atoms with Crippen molar-refractivity contribution < 1.29 is 14.6 Å². The van der Waals surface area contributed by atoms with E-state index in [-0.39, 0.29) is 0 Å². The molecule has 3 heteroatoms. The fraction of sp³-hybridized carbons (Fsp3) is 0.500. The zero-order valence-electron chi connectivity index (χ0n) is 11.4. The van der Waals surface area contributed by atoms with Gasteiger partial charge >= 0.3 is 0 Å². The van der Waals surface area contributed by atoms with Crippen LogP contribution in [0.1, 0.15) is 24.8 Å². The molecule has 3 atom stereocenters. The molecule has 0 spiro atoms. The van der Waals surface area contributed by atoms with E-state index >= 15 is 0 Å². The average Bonchev–Trinajstić information content (AvgIpc) is 2.48. The first-order chi connectivity index (χ1) is 9.15. The second-order valence-electron chi connectivity index (χ2n) is 5.52. The van der Waals surface area contributed by atoms with Crippen molar-refractivity contribution in [2.45, 2.75) is 30.5 Å². The van der Waals surface area contributed by atoms with E-state index in [2.05, 4.69) is 6.08 Å². The molecule has 1 aromatic carbocycles. The second-order valence-corrected chi connectivity index (χ2v) is 5.52. The molecule has 1 N–H and O–H groups in total. The van der Waals surface area contributed by atoms with Crippen LogP contribution in [0.15, 0.2) is 36.4 Å². The number of benzene rings is 1. The number of rotatable bonds is 3. The summed E-state index contributed by atoms with van der Waals surface area (Å²) in [7, 11) is 3.31. The normalized spacial score (nSPS) is 36.5. The highest BCUT2D eigenvalue weighted by Gasteiger charge is 2.57. The Kier molecular flexibility index (Phi) is 2.91. The van der Waals surface area contributed by atoms with Gasteiger partial charge in [0.1, 0.15) is 17.0 Å². The van der Waals surface area contributed by atoms with Crippen molar-refractivity contribution in [2.24, 2.45) is 5.92 Å². The number of para-hydroxylation sites is 1. The van der Waals surface area contributed by atoms with Crippen LogP contribution in [-0.4, -0.2) is 24.9 Å². The summed E-state index contributed by atoms with van der Waals surface area (Å²) in [5.74, 6) is 1.15. The minimum atomic E-state index is -1.01. The number of fused-ring (bicyclic) bond motifs is 2. The number of allylic oxidation sites excluding steroid dienone is 1. The van der Waals surface area contributed by atoms with E-state index in [4.69, 9.17) is 9.47 Å². The lowest BCUT2D eigenvalue weighted by Gasteiger charge is -2.53. The number of hydrogen-bond acceptors (Lipinski definition) is 3. The van der Waals surface area contributed by atoms with E-state index in [1.807, 2.05) is 30.3 Å². The molecule has 1 aromatic rings. The lowest BCUT2D eigenvalue weighted by atomic mass is 9.60. The lowest BCUT2D eigenvalue weighted by molar-refractivity contribution is -0.185. The number of ether oxygens (including phenoxy) is 2. The summed E-state index contributed by atoms with van der Waals surface area (Å²) in [5, 5.41) is 11.3. The van der Waals surface area contributed by atoms with Gasteiger partial charge in [-0.3, -0.25) is 0 Å². The van der Waals surface area contributed by atoms with Crippen LogP contribution in [0.4, 0.5) is 0 Å². The van der Waals surface area contributed by atoms with E-state index in [1.165, 1.54) is 0 Å². The monoisotopic (exact) mass is 260 g/mol. The smallest absolute Gasteiger partial charge is 0.126 e. The van der Waals surface area contributed by atoms with Gasteiger partial charge in [0.15, 0.2) is 0 Å². The molecule has 0 aliphatic heterocycles. The summed E-state index contributed by atoms with van der Waals surface area (Å²) >= 11 is 0. The fourth-order valence-corrected chi connectivity index (χ4v) is 3.60. The van der Waals surface area contributed by atoms with Gasteiger partial charge in [0.05, 0.1) is 7.11 Å². The molecule has 0 saturated heterocycles. The third-order valence-electron chi connectivity index (χ3n) is 4.70. The van der Waals surface area contributed by atoms with Gasteiger partial charge in [0, 0.05) is 12.7 Å². The Morgan fingerprint density at radius 3 is 2.68 bits per heavy atom. The molecule has 0 aromatic heterocycles. The maximum Gasteiger partial charge on any atom is 0.126 e. The second kappa shape index (κ2) is 4.36. The topological polar surface area (TPSA) is 38.7 Å². The maximum absolute atomic E-state index is 11.3. The van der Waals surface area contributed by atoms with E-state index in [0.717, 1.165) is 24.2 Å². The van der Waals surface area contributed by atoms with Crippen molar-refractivity contribution >= 4 is 0 Å². The van der Waals surface area contributed by atoms with Crippen LogP contribution in [0.5, 0.6) is 5.75 Å². The number of aliphatic hydroxyl groups is 1. The van der Waals surface area contributed by atoms with Crippen molar-refractivity contribution in [3.63, 3.8) is 0 Å². The van der Waals surface area contributed by atoms with Gasteiger partial charge in [-0.05, 0) is 31.2 Å². The van der Waals surface area contributed by atoms with E-state index in [9.17, 15) is 5.11 Å². The highest BCUT2D eigenvalue weighted by atomic mass is 16.5. The van der Waals surface area contributed by atoms with Gasteiger partial charge in [-0.1, -0.05) is 30.4 Å². The minimum absolute atomic E-state index is 0.423. The summed E-state index contributed by atoms with van der Waals surface area (Å²) in [6.45, 7) is 0. The van der Waals surface area contributed by atoms with Gasteiger partial charge in [0.2, 0.25) is 0 Å². The van der Waals surface area contributed by atoms with Gasteiger partial charge in [-0.2, -0.15) is 0 Å². The molecule has 0 amide bonds. The average molecular weight is 260 g/mol. The molecule has 0 heterocycles. The van der Waals surface area contributed by atoms with Crippen LogP contribution in [0.25, 0.3) is 0 Å². The molecule has 3 aliphatic rings. The third-order valence-corrected chi connectivity index (χ3v) is 4.70.